The highest BCUT2D eigenvalue weighted by Gasteiger charge is 2.16. The van der Waals surface area contributed by atoms with E-state index in [1.165, 1.54) is 6.08 Å². The Bertz CT molecular complexity index is 359. The molecule has 1 amide bonds. The van der Waals surface area contributed by atoms with E-state index in [0.717, 1.165) is 5.56 Å². The van der Waals surface area contributed by atoms with Gasteiger partial charge in [-0.15, -0.1) is 0 Å². The van der Waals surface area contributed by atoms with Crippen LogP contribution in [0.2, 0.25) is 0 Å². The summed E-state index contributed by atoms with van der Waals surface area (Å²) in [5, 5.41) is 12.7. The molecular formula is C13H17NO2. The summed E-state index contributed by atoms with van der Waals surface area (Å²) in [6.07, 6.45) is 2.42. The molecule has 3 nitrogen and oxygen atoms in total. The predicted octanol–water partition coefficient (Wildman–Crippen LogP) is 1.80. The van der Waals surface area contributed by atoms with Crippen LogP contribution in [-0.2, 0) is 4.79 Å². The van der Waals surface area contributed by atoms with Gasteiger partial charge in [-0.05, 0) is 25.5 Å². The van der Waals surface area contributed by atoms with Crippen molar-refractivity contribution in [2.45, 2.75) is 26.0 Å². The summed E-state index contributed by atoms with van der Waals surface area (Å²) in [6.45, 7) is 3.55. The van der Waals surface area contributed by atoms with Gasteiger partial charge in [0.25, 0.3) is 0 Å². The lowest BCUT2D eigenvalue weighted by molar-refractivity contribution is -0.117. The Hall–Kier alpha value is -1.61. The molecule has 3 heteroatoms. The molecule has 0 saturated heterocycles. The number of amides is 1. The van der Waals surface area contributed by atoms with Crippen molar-refractivity contribution in [1.29, 1.82) is 0 Å². The van der Waals surface area contributed by atoms with E-state index in [-0.39, 0.29) is 11.9 Å². The zero-order valence-electron chi connectivity index (χ0n) is 9.55. The van der Waals surface area contributed by atoms with E-state index < -0.39 is 6.10 Å². The van der Waals surface area contributed by atoms with Crippen LogP contribution in [0.25, 0.3) is 0 Å². The highest BCUT2D eigenvalue weighted by molar-refractivity contribution is 5.87. The van der Waals surface area contributed by atoms with E-state index in [4.69, 9.17) is 0 Å². The first-order chi connectivity index (χ1) is 7.65. The predicted molar refractivity (Wildman–Crippen MR) is 63.8 cm³/mol. The third-order valence-corrected chi connectivity index (χ3v) is 2.30. The van der Waals surface area contributed by atoms with Gasteiger partial charge in [0.05, 0.1) is 12.1 Å². The molecule has 0 aromatic heterocycles. The van der Waals surface area contributed by atoms with Crippen molar-refractivity contribution in [3.63, 3.8) is 0 Å². The molecule has 0 saturated carbocycles. The highest BCUT2D eigenvalue weighted by atomic mass is 16.3. The zero-order valence-corrected chi connectivity index (χ0v) is 9.55. The summed E-state index contributed by atoms with van der Waals surface area (Å²) in [4.78, 5) is 11.3. The Morgan fingerprint density at radius 1 is 1.38 bits per heavy atom. The second-order valence-corrected chi connectivity index (χ2v) is 3.65. The van der Waals surface area contributed by atoms with E-state index in [2.05, 4.69) is 5.32 Å². The van der Waals surface area contributed by atoms with Gasteiger partial charge in [-0.1, -0.05) is 36.4 Å². The fourth-order valence-electron chi connectivity index (χ4n) is 1.44. The number of hydrogen-bond donors (Lipinski definition) is 2. The van der Waals surface area contributed by atoms with Gasteiger partial charge in [-0.25, -0.2) is 0 Å². The molecule has 2 atom stereocenters. The molecule has 0 fully saturated rings. The first kappa shape index (κ1) is 12.5. The maximum Gasteiger partial charge on any atom is 0.243 e. The molecule has 16 heavy (non-hydrogen) atoms. The number of allylic oxidation sites excluding steroid dienone is 1. The molecule has 1 rings (SSSR count). The van der Waals surface area contributed by atoms with E-state index in [9.17, 15) is 9.90 Å². The van der Waals surface area contributed by atoms with Crippen LogP contribution in [0.5, 0.6) is 0 Å². The Kier molecular flexibility index (Phi) is 4.73. The molecular weight excluding hydrogens is 202 g/mol. The van der Waals surface area contributed by atoms with Crippen molar-refractivity contribution >= 4 is 5.91 Å². The molecule has 0 radical (unpaired) electrons. The number of nitrogens with one attached hydrogen (secondary N) is 1. The Balaban J connectivity index is 2.61. The summed E-state index contributed by atoms with van der Waals surface area (Å²) in [6, 6.07) is 8.97. The average molecular weight is 219 g/mol. The largest absolute Gasteiger partial charge is 0.386 e. The number of carbonyl (C=O) groups is 1. The molecule has 86 valence electrons. The number of benzene rings is 1. The third-order valence-electron chi connectivity index (χ3n) is 2.30. The van der Waals surface area contributed by atoms with Crippen LogP contribution in [-0.4, -0.2) is 17.1 Å². The van der Waals surface area contributed by atoms with Gasteiger partial charge in [-0.2, -0.15) is 0 Å². The van der Waals surface area contributed by atoms with Crippen molar-refractivity contribution in [3.8, 4) is 0 Å². The monoisotopic (exact) mass is 219 g/mol. The maximum absolute atomic E-state index is 11.3. The van der Waals surface area contributed by atoms with Gasteiger partial charge >= 0.3 is 0 Å². The summed E-state index contributed by atoms with van der Waals surface area (Å²) in [5.41, 5.74) is 0.802. The molecule has 0 unspecified atom stereocenters. The average Bonchev–Trinajstić information content (AvgIpc) is 2.29. The van der Waals surface area contributed by atoms with E-state index in [0.29, 0.717) is 0 Å². The maximum atomic E-state index is 11.3. The summed E-state index contributed by atoms with van der Waals surface area (Å²) < 4.78 is 0. The number of aliphatic hydroxyl groups excluding tert-OH is 1. The fraction of sp³-hybridized carbons (Fsp3) is 0.308. The smallest absolute Gasteiger partial charge is 0.243 e. The molecule has 0 aliphatic carbocycles. The first-order valence-electron chi connectivity index (χ1n) is 5.31. The number of hydrogen-bond acceptors (Lipinski definition) is 2. The second-order valence-electron chi connectivity index (χ2n) is 3.65. The Morgan fingerprint density at radius 2 is 2.00 bits per heavy atom. The summed E-state index contributed by atoms with van der Waals surface area (Å²) in [7, 11) is 0. The Morgan fingerprint density at radius 3 is 2.56 bits per heavy atom. The van der Waals surface area contributed by atoms with Gasteiger partial charge < -0.3 is 10.4 Å². The lowest BCUT2D eigenvalue weighted by Crippen LogP contribution is -2.36. The van der Waals surface area contributed by atoms with Crippen LogP contribution < -0.4 is 5.32 Å². The van der Waals surface area contributed by atoms with Crippen molar-refractivity contribution in [3.05, 3.63) is 48.0 Å². The lowest BCUT2D eigenvalue weighted by Gasteiger charge is -2.19. The fourth-order valence-corrected chi connectivity index (χ4v) is 1.44. The molecule has 0 spiro atoms. The van der Waals surface area contributed by atoms with E-state index in [1.807, 2.05) is 30.3 Å². The summed E-state index contributed by atoms with van der Waals surface area (Å²) >= 11 is 0. The number of carbonyl (C=O) groups excluding carboxylic acids is 1. The highest BCUT2D eigenvalue weighted by Crippen LogP contribution is 2.15. The van der Waals surface area contributed by atoms with Crippen molar-refractivity contribution in [1.82, 2.24) is 5.32 Å². The van der Waals surface area contributed by atoms with Crippen LogP contribution in [0.3, 0.4) is 0 Å². The standard InChI is InChI=1S/C13H17NO2/c1-3-7-12(15)14-10(2)13(16)11-8-5-4-6-9-11/h3-10,13,16H,1-2H3,(H,14,15)/b7-3+/t10-,13-/m1/s1. The zero-order chi connectivity index (χ0) is 12.0. The molecule has 0 aliphatic heterocycles. The van der Waals surface area contributed by atoms with Crippen LogP contribution in [0, 0.1) is 0 Å². The van der Waals surface area contributed by atoms with E-state index in [1.54, 1.807) is 19.9 Å². The van der Waals surface area contributed by atoms with Crippen LogP contribution >= 0.6 is 0 Å². The molecule has 0 bridgehead atoms. The SMILES string of the molecule is C/C=C/C(=O)N[C@H](C)[C@@H](O)c1ccccc1. The van der Waals surface area contributed by atoms with E-state index >= 15 is 0 Å². The van der Waals surface area contributed by atoms with Crippen molar-refractivity contribution in [2.24, 2.45) is 0 Å². The number of aliphatic hydroxyl groups is 1. The van der Waals surface area contributed by atoms with Gasteiger partial charge in [0.2, 0.25) is 5.91 Å². The molecule has 0 heterocycles. The number of rotatable bonds is 4. The minimum Gasteiger partial charge on any atom is -0.386 e. The summed E-state index contributed by atoms with van der Waals surface area (Å²) in [5.74, 6) is -0.190. The molecule has 1 aromatic carbocycles. The topological polar surface area (TPSA) is 49.3 Å². The first-order valence-corrected chi connectivity index (χ1v) is 5.31. The Labute approximate surface area is 95.8 Å². The van der Waals surface area contributed by atoms with Crippen molar-refractivity contribution in [2.75, 3.05) is 0 Å². The minimum absolute atomic E-state index is 0.190. The molecule has 1 aromatic rings. The van der Waals surface area contributed by atoms with Crippen LogP contribution in [0.4, 0.5) is 0 Å². The van der Waals surface area contributed by atoms with Crippen molar-refractivity contribution < 1.29 is 9.90 Å². The van der Waals surface area contributed by atoms with Crippen LogP contribution in [0.1, 0.15) is 25.5 Å². The third kappa shape index (κ3) is 3.51. The molecule has 0 aliphatic rings. The van der Waals surface area contributed by atoms with Gasteiger partial charge in [0.1, 0.15) is 0 Å². The van der Waals surface area contributed by atoms with Crippen LogP contribution in [0.15, 0.2) is 42.5 Å². The van der Waals surface area contributed by atoms with Gasteiger partial charge in [0, 0.05) is 0 Å². The minimum atomic E-state index is -0.685. The lowest BCUT2D eigenvalue weighted by atomic mass is 10.0. The quantitative estimate of drug-likeness (QED) is 0.759. The molecule has 2 N–H and O–H groups in total. The van der Waals surface area contributed by atoms with Gasteiger partial charge in [0.15, 0.2) is 0 Å². The second kappa shape index (κ2) is 6.08. The normalized spacial score (nSPS) is 14.7. The van der Waals surface area contributed by atoms with Gasteiger partial charge in [-0.3, -0.25) is 4.79 Å².